The van der Waals surface area contributed by atoms with Gasteiger partial charge in [-0.1, -0.05) is 24.3 Å². The summed E-state index contributed by atoms with van der Waals surface area (Å²) in [6.07, 6.45) is 3.25. The Hall–Kier alpha value is -2.53. The zero-order chi connectivity index (χ0) is 17.0. The summed E-state index contributed by atoms with van der Waals surface area (Å²) in [5.74, 6) is 0.649. The molecule has 2 aromatic carbocycles. The van der Waals surface area contributed by atoms with E-state index in [2.05, 4.69) is 40.1 Å². The number of carbonyl (C=O) groups is 1. The van der Waals surface area contributed by atoms with E-state index in [4.69, 9.17) is 0 Å². The zero-order valence-corrected chi connectivity index (χ0v) is 14.3. The van der Waals surface area contributed by atoms with Crippen LogP contribution in [0.2, 0.25) is 0 Å². The molecule has 3 aliphatic rings. The second kappa shape index (κ2) is 5.49. The first-order chi connectivity index (χ1) is 12.2. The standard InChI is InChI=1S/C20H22N4O/c1-23-18-9-8-14(11-17(18)21-22-23)20(25)24-10-4-7-16-15-6-3-2-5-13(15)12-19(16)24/h2-3,5-6,8-9,11,16,19,21-22H,4,7,10,12H2,1H3. The van der Waals surface area contributed by atoms with Crippen LogP contribution in [0.15, 0.2) is 42.5 Å². The number of hydrogen-bond donors (Lipinski definition) is 2. The van der Waals surface area contributed by atoms with E-state index in [0.29, 0.717) is 12.0 Å². The van der Waals surface area contributed by atoms with Crippen LogP contribution >= 0.6 is 0 Å². The molecule has 5 nitrogen and oxygen atoms in total. The Labute approximate surface area is 147 Å². The summed E-state index contributed by atoms with van der Waals surface area (Å²) < 4.78 is 0. The zero-order valence-electron chi connectivity index (χ0n) is 14.3. The lowest BCUT2D eigenvalue weighted by Gasteiger charge is -2.38. The number of fused-ring (bicyclic) bond motifs is 4. The summed E-state index contributed by atoms with van der Waals surface area (Å²) in [6.45, 7) is 0.858. The predicted molar refractivity (Wildman–Crippen MR) is 98.5 cm³/mol. The molecule has 0 spiro atoms. The van der Waals surface area contributed by atoms with Gasteiger partial charge in [-0.05, 0) is 48.6 Å². The highest BCUT2D eigenvalue weighted by molar-refractivity contribution is 5.97. The molecule has 2 aliphatic heterocycles. The summed E-state index contributed by atoms with van der Waals surface area (Å²) in [6, 6.07) is 14.9. The Balaban J connectivity index is 1.45. The molecule has 0 bridgehead atoms. The third-order valence-corrected chi connectivity index (χ3v) is 5.89. The number of likely N-dealkylation sites (tertiary alicyclic amines) is 1. The Kier molecular flexibility index (Phi) is 3.25. The first-order valence-corrected chi connectivity index (χ1v) is 9.00. The molecule has 2 aromatic rings. The van der Waals surface area contributed by atoms with Gasteiger partial charge in [0.1, 0.15) is 0 Å². The molecule has 25 heavy (non-hydrogen) atoms. The average Bonchev–Trinajstić information content (AvgIpc) is 3.21. The van der Waals surface area contributed by atoms with Crippen LogP contribution < -0.4 is 16.0 Å². The molecule has 0 radical (unpaired) electrons. The van der Waals surface area contributed by atoms with Gasteiger partial charge >= 0.3 is 0 Å². The molecule has 1 aliphatic carbocycles. The highest BCUT2D eigenvalue weighted by Gasteiger charge is 2.40. The average molecular weight is 334 g/mol. The minimum Gasteiger partial charge on any atom is -0.335 e. The molecule has 2 atom stereocenters. The number of hydrazine groups is 2. The highest BCUT2D eigenvalue weighted by Crippen LogP contribution is 2.42. The Morgan fingerprint density at radius 3 is 3.00 bits per heavy atom. The van der Waals surface area contributed by atoms with Gasteiger partial charge in [-0.3, -0.25) is 9.80 Å². The fourth-order valence-electron chi connectivity index (χ4n) is 4.66. The van der Waals surface area contributed by atoms with Gasteiger partial charge in [-0.25, -0.2) is 0 Å². The molecule has 2 unspecified atom stereocenters. The van der Waals surface area contributed by atoms with Crippen LogP contribution in [0.1, 0.15) is 40.2 Å². The predicted octanol–water partition coefficient (Wildman–Crippen LogP) is 2.91. The smallest absolute Gasteiger partial charge is 0.254 e. The van der Waals surface area contributed by atoms with Gasteiger partial charge in [-0.2, -0.15) is 0 Å². The molecular formula is C20H22N4O. The second-order valence-electron chi connectivity index (χ2n) is 7.25. The largest absolute Gasteiger partial charge is 0.335 e. The van der Waals surface area contributed by atoms with E-state index in [9.17, 15) is 4.79 Å². The van der Waals surface area contributed by atoms with Gasteiger partial charge in [0, 0.05) is 31.1 Å². The van der Waals surface area contributed by atoms with Crippen molar-refractivity contribution in [2.24, 2.45) is 0 Å². The molecule has 1 fully saturated rings. The molecule has 0 saturated carbocycles. The molecule has 5 heteroatoms. The van der Waals surface area contributed by atoms with Gasteiger partial charge < -0.3 is 10.3 Å². The maximum absolute atomic E-state index is 13.2. The number of rotatable bonds is 1. The summed E-state index contributed by atoms with van der Waals surface area (Å²) in [7, 11) is 1.95. The van der Waals surface area contributed by atoms with Gasteiger partial charge in [0.2, 0.25) is 0 Å². The first kappa shape index (κ1) is 14.8. The van der Waals surface area contributed by atoms with Crippen LogP contribution in [0.3, 0.4) is 0 Å². The third-order valence-electron chi connectivity index (χ3n) is 5.89. The maximum Gasteiger partial charge on any atom is 0.254 e. The molecular weight excluding hydrogens is 312 g/mol. The summed E-state index contributed by atoms with van der Waals surface area (Å²) in [5.41, 5.74) is 11.8. The van der Waals surface area contributed by atoms with E-state index in [1.165, 1.54) is 17.5 Å². The number of piperidine rings is 1. The van der Waals surface area contributed by atoms with Crippen molar-refractivity contribution in [1.82, 2.24) is 10.4 Å². The van der Waals surface area contributed by atoms with Crippen LogP contribution in [0, 0.1) is 0 Å². The summed E-state index contributed by atoms with van der Waals surface area (Å²) >= 11 is 0. The van der Waals surface area contributed by atoms with Crippen molar-refractivity contribution in [1.29, 1.82) is 0 Å². The fourth-order valence-corrected chi connectivity index (χ4v) is 4.66. The van der Waals surface area contributed by atoms with E-state index in [-0.39, 0.29) is 5.91 Å². The molecule has 1 saturated heterocycles. The van der Waals surface area contributed by atoms with Gasteiger partial charge in [0.05, 0.1) is 11.4 Å². The number of carbonyl (C=O) groups excluding carboxylic acids is 1. The number of amides is 1. The Morgan fingerprint density at radius 1 is 1.20 bits per heavy atom. The van der Waals surface area contributed by atoms with Crippen LogP contribution in [-0.4, -0.2) is 30.4 Å². The summed E-state index contributed by atoms with van der Waals surface area (Å²) in [4.78, 5) is 15.4. The van der Waals surface area contributed by atoms with Crippen molar-refractivity contribution in [3.63, 3.8) is 0 Å². The third kappa shape index (κ3) is 2.23. The lowest BCUT2D eigenvalue weighted by molar-refractivity contribution is 0.0595. The van der Waals surface area contributed by atoms with E-state index < -0.39 is 0 Å². The van der Waals surface area contributed by atoms with Crippen molar-refractivity contribution in [3.8, 4) is 0 Å². The first-order valence-electron chi connectivity index (χ1n) is 9.00. The molecule has 0 aromatic heterocycles. The topological polar surface area (TPSA) is 47.6 Å². The molecule has 5 rings (SSSR count). The van der Waals surface area contributed by atoms with Crippen LogP contribution in [0.4, 0.5) is 11.4 Å². The van der Waals surface area contributed by atoms with Gasteiger partial charge in [-0.15, -0.1) is 5.53 Å². The van der Waals surface area contributed by atoms with Crippen LogP contribution in [-0.2, 0) is 6.42 Å². The Bertz CT molecular complexity index is 849. The van der Waals surface area contributed by atoms with Gasteiger partial charge in [0.15, 0.2) is 0 Å². The number of nitrogens with one attached hydrogen (secondary N) is 2. The minimum absolute atomic E-state index is 0.154. The van der Waals surface area contributed by atoms with Crippen molar-refractivity contribution >= 4 is 17.3 Å². The van der Waals surface area contributed by atoms with Crippen LogP contribution in [0.25, 0.3) is 0 Å². The number of hydrogen-bond acceptors (Lipinski definition) is 4. The summed E-state index contributed by atoms with van der Waals surface area (Å²) in [5, 5.41) is 1.91. The lowest BCUT2D eigenvalue weighted by atomic mass is 9.88. The highest BCUT2D eigenvalue weighted by atomic mass is 16.2. The van der Waals surface area contributed by atoms with E-state index in [0.717, 1.165) is 36.3 Å². The van der Waals surface area contributed by atoms with Crippen molar-refractivity contribution in [2.75, 3.05) is 24.0 Å². The van der Waals surface area contributed by atoms with Crippen LogP contribution in [0.5, 0.6) is 0 Å². The molecule has 1 amide bonds. The number of benzene rings is 2. The SMILES string of the molecule is CN1NNc2cc(C(=O)N3CCCC4c5ccccc5CC43)ccc21. The molecule has 128 valence electrons. The van der Waals surface area contributed by atoms with E-state index >= 15 is 0 Å². The number of nitrogens with zero attached hydrogens (tertiary/aromatic N) is 2. The molecule has 2 N–H and O–H groups in total. The lowest BCUT2D eigenvalue weighted by Crippen LogP contribution is -2.46. The molecule has 2 heterocycles. The van der Waals surface area contributed by atoms with Gasteiger partial charge in [0.25, 0.3) is 5.91 Å². The quantitative estimate of drug-likeness (QED) is 0.842. The maximum atomic E-state index is 13.2. The number of anilines is 2. The van der Waals surface area contributed by atoms with Crippen molar-refractivity contribution < 1.29 is 4.79 Å². The van der Waals surface area contributed by atoms with E-state index in [1.54, 1.807) is 0 Å². The monoisotopic (exact) mass is 334 g/mol. The normalized spacial score (nSPS) is 23.7. The minimum atomic E-state index is 0.154. The fraction of sp³-hybridized carbons (Fsp3) is 0.350. The van der Waals surface area contributed by atoms with Crippen molar-refractivity contribution in [3.05, 3.63) is 59.2 Å². The van der Waals surface area contributed by atoms with Crippen molar-refractivity contribution in [2.45, 2.75) is 31.2 Å². The second-order valence-corrected chi connectivity index (χ2v) is 7.25. The Morgan fingerprint density at radius 2 is 2.08 bits per heavy atom. The van der Waals surface area contributed by atoms with E-state index in [1.807, 2.05) is 30.3 Å².